The van der Waals surface area contributed by atoms with E-state index in [-0.39, 0.29) is 12.1 Å². The molecule has 1 aromatic heterocycles. The maximum Gasteiger partial charge on any atom is 0.267 e. The second kappa shape index (κ2) is 5.89. The lowest BCUT2D eigenvalue weighted by Crippen LogP contribution is -2.21. The first kappa shape index (κ1) is 13.6. The SMILES string of the molecule is COc1ccc(-c2ccc(=O)n(CC#N)n2)c(OC)c1. The van der Waals surface area contributed by atoms with Crippen LogP contribution in [0, 0.1) is 11.3 Å². The molecule has 0 aliphatic heterocycles. The Morgan fingerprint density at radius 3 is 2.70 bits per heavy atom. The average Bonchev–Trinajstić information content (AvgIpc) is 2.49. The summed E-state index contributed by atoms with van der Waals surface area (Å²) in [5.41, 5.74) is 0.960. The Morgan fingerprint density at radius 1 is 1.25 bits per heavy atom. The number of methoxy groups -OCH3 is 2. The Morgan fingerprint density at radius 2 is 2.05 bits per heavy atom. The van der Waals surface area contributed by atoms with E-state index >= 15 is 0 Å². The van der Waals surface area contributed by atoms with E-state index < -0.39 is 0 Å². The lowest BCUT2D eigenvalue weighted by Gasteiger charge is -2.10. The van der Waals surface area contributed by atoms with Crippen LogP contribution < -0.4 is 15.0 Å². The number of nitriles is 1. The second-order valence-corrected chi connectivity index (χ2v) is 3.94. The molecule has 0 aliphatic carbocycles. The van der Waals surface area contributed by atoms with Crippen LogP contribution in [0.5, 0.6) is 11.5 Å². The summed E-state index contributed by atoms with van der Waals surface area (Å²) >= 11 is 0. The predicted octanol–water partition coefficient (Wildman–Crippen LogP) is 1.45. The van der Waals surface area contributed by atoms with Crippen molar-refractivity contribution in [3.63, 3.8) is 0 Å². The van der Waals surface area contributed by atoms with Gasteiger partial charge in [0.25, 0.3) is 5.56 Å². The number of rotatable bonds is 4. The summed E-state index contributed by atoms with van der Waals surface area (Å²) < 4.78 is 11.5. The third-order valence-electron chi connectivity index (χ3n) is 2.77. The fourth-order valence-corrected chi connectivity index (χ4v) is 1.78. The van der Waals surface area contributed by atoms with Gasteiger partial charge in [0.05, 0.1) is 26.0 Å². The molecule has 1 aromatic carbocycles. The minimum Gasteiger partial charge on any atom is -0.497 e. The number of benzene rings is 1. The van der Waals surface area contributed by atoms with Crippen LogP contribution in [0.3, 0.4) is 0 Å². The van der Waals surface area contributed by atoms with Gasteiger partial charge in [-0.05, 0) is 18.2 Å². The monoisotopic (exact) mass is 271 g/mol. The van der Waals surface area contributed by atoms with Crippen LogP contribution in [0.15, 0.2) is 35.1 Å². The van der Waals surface area contributed by atoms with Gasteiger partial charge in [0.1, 0.15) is 18.0 Å². The fraction of sp³-hybridized carbons (Fsp3) is 0.214. The number of nitrogens with zero attached hydrogens (tertiary/aromatic N) is 3. The summed E-state index contributed by atoms with van der Waals surface area (Å²) in [4.78, 5) is 11.5. The van der Waals surface area contributed by atoms with E-state index in [0.717, 1.165) is 10.2 Å². The van der Waals surface area contributed by atoms with Crippen LogP contribution in [-0.2, 0) is 6.54 Å². The standard InChI is InChI=1S/C14H13N3O3/c1-19-10-3-4-11(13(9-10)20-2)12-5-6-14(18)17(16-12)8-7-15/h3-6,9H,8H2,1-2H3. The zero-order chi connectivity index (χ0) is 14.5. The van der Waals surface area contributed by atoms with E-state index in [1.54, 1.807) is 38.5 Å². The molecule has 2 rings (SSSR count). The van der Waals surface area contributed by atoms with Crippen LogP contribution in [0.25, 0.3) is 11.3 Å². The average molecular weight is 271 g/mol. The molecule has 0 saturated carbocycles. The van der Waals surface area contributed by atoms with Crippen molar-refractivity contribution in [2.75, 3.05) is 14.2 Å². The molecule has 20 heavy (non-hydrogen) atoms. The quantitative estimate of drug-likeness (QED) is 0.841. The molecule has 0 atom stereocenters. The van der Waals surface area contributed by atoms with Crippen molar-refractivity contribution in [2.24, 2.45) is 0 Å². The van der Waals surface area contributed by atoms with Crippen LogP contribution in [-0.4, -0.2) is 24.0 Å². The summed E-state index contributed by atoms with van der Waals surface area (Å²) in [5, 5.41) is 12.8. The Hall–Kier alpha value is -2.81. The maximum absolute atomic E-state index is 11.5. The normalized spacial score (nSPS) is 9.85. The number of aromatic nitrogens is 2. The fourth-order valence-electron chi connectivity index (χ4n) is 1.78. The third kappa shape index (κ3) is 2.62. The van der Waals surface area contributed by atoms with Crippen molar-refractivity contribution in [3.05, 3.63) is 40.7 Å². The third-order valence-corrected chi connectivity index (χ3v) is 2.77. The maximum atomic E-state index is 11.5. The summed E-state index contributed by atoms with van der Waals surface area (Å²) in [5.74, 6) is 1.25. The lowest BCUT2D eigenvalue weighted by molar-refractivity contribution is 0.395. The van der Waals surface area contributed by atoms with Gasteiger partial charge in [0.15, 0.2) is 0 Å². The van der Waals surface area contributed by atoms with E-state index in [1.807, 2.05) is 6.07 Å². The first-order chi connectivity index (χ1) is 9.69. The Kier molecular flexibility index (Phi) is 4.01. The highest BCUT2D eigenvalue weighted by atomic mass is 16.5. The largest absolute Gasteiger partial charge is 0.497 e. The molecular weight excluding hydrogens is 258 g/mol. The first-order valence-electron chi connectivity index (χ1n) is 5.87. The lowest BCUT2D eigenvalue weighted by atomic mass is 10.1. The molecule has 6 heteroatoms. The van der Waals surface area contributed by atoms with Gasteiger partial charge in [-0.1, -0.05) is 0 Å². The molecule has 0 amide bonds. The van der Waals surface area contributed by atoms with Gasteiger partial charge >= 0.3 is 0 Å². The highest BCUT2D eigenvalue weighted by Crippen LogP contribution is 2.31. The van der Waals surface area contributed by atoms with E-state index in [4.69, 9.17) is 14.7 Å². The summed E-state index contributed by atoms with van der Waals surface area (Å²) in [6.45, 7) is -0.0921. The summed E-state index contributed by atoms with van der Waals surface area (Å²) in [6.07, 6.45) is 0. The highest BCUT2D eigenvalue weighted by Gasteiger charge is 2.10. The Balaban J connectivity index is 2.54. The smallest absolute Gasteiger partial charge is 0.267 e. The molecule has 0 radical (unpaired) electrons. The minimum atomic E-state index is -0.317. The van der Waals surface area contributed by atoms with Crippen molar-refractivity contribution >= 4 is 0 Å². The Bertz CT molecular complexity index is 716. The van der Waals surface area contributed by atoms with Gasteiger partial charge in [-0.25, -0.2) is 4.68 Å². The van der Waals surface area contributed by atoms with E-state index in [9.17, 15) is 4.79 Å². The molecule has 0 N–H and O–H groups in total. The molecule has 1 heterocycles. The molecule has 0 saturated heterocycles. The molecule has 2 aromatic rings. The van der Waals surface area contributed by atoms with Crippen molar-refractivity contribution in [1.29, 1.82) is 5.26 Å². The predicted molar refractivity (Wildman–Crippen MR) is 72.7 cm³/mol. The number of ether oxygens (including phenoxy) is 2. The number of hydrogen-bond donors (Lipinski definition) is 0. The van der Waals surface area contributed by atoms with Crippen molar-refractivity contribution in [2.45, 2.75) is 6.54 Å². The molecule has 102 valence electrons. The van der Waals surface area contributed by atoms with Crippen LogP contribution in [0.4, 0.5) is 0 Å². The van der Waals surface area contributed by atoms with Gasteiger partial charge in [-0.15, -0.1) is 0 Å². The van der Waals surface area contributed by atoms with E-state index in [2.05, 4.69) is 5.10 Å². The zero-order valence-corrected chi connectivity index (χ0v) is 11.2. The molecular formula is C14H13N3O3. The van der Waals surface area contributed by atoms with Gasteiger partial charge in [0, 0.05) is 17.7 Å². The van der Waals surface area contributed by atoms with Gasteiger partial charge in [0.2, 0.25) is 0 Å². The molecule has 0 unspecified atom stereocenters. The number of hydrogen-bond acceptors (Lipinski definition) is 5. The Labute approximate surface area is 115 Å². The zero-order valence-electron chi connectivity index (χ0n) is 11.2. The van der Waals surface area contributed by atoms with E-state index in [1.165, 1.54) is 6.07 Å². The molecule has 0 fully saturated rings. The van der Waals surface area contributed by atoms with Gasteiger partial charge in [-0.3, -0.25) is 4.79 Å². The summed E-state index contributed by atoms with van der Waals surface area (Å²) in [7, 11) is 3.11. The molecule has 0 spiro atoms. The van der Waals surface area contributed by atoms with Crippen LogP contribution in [0.2, 0.25) is 0 Å². The highest BCUT2D eigenvalue weighted by molar-refractivity contribution is 5.68. The van der Waals surface area contributed by atoms with Gasteiger partial charge < -0.3 is 9.47 Å². The van der Waals surface area contributed by atoms with Crippen molar-refractivity contribution in [1.82, 2.24) is 9.78 Å². The molecule has 0 aliphatic rings. The topological polar surface area (TPSA) is 77.1 Å². The van der Waals surface area contributed by atoms with Crippen LogP contribution in [0.1, 0.15) is 0 Å². The molecule has 6 nitrogen and oxygen atoms in total. The van der Waals surface area contributed by atoms with Crippen molar-refractivity contribution in [3.8, 4) is 28.8 Å². The second-order valence-electron chi connectivity index (χ2n) is 3.94. The molecule has 0 bridgehead atoms. The van der Waals surface area contributed by atoms with Crippen LogP contribution >= 0.6 is 0 Å². The van der Waals surface area contributed by atoms with Crippen molar-refractivity contribution < 1.29 is 9.47 Å². The van der Waals surface area contributed by atoms with Gasteiger partial charge in [-0.2, -0.15) is 10.4 Å². The first-order valence-corrected chi connectivity index (χ1v) is 5.87. The minimum absolute atomic E-state index is 0.0921. The van der Waals surface area contributed by atoms with E-state index in [0.29, 0.717) is 17.2 Å². The summed E-state index contributed by atoms with van der Waals surface area (Å²) in [6, 6.07) is 10.2.